The minimum atomic E-state index is 0.127. The molecular formula is C23H31N3O2. The Bertz CT molecular complexity index is 972. The largest absolute Gasteiger partial charge is 0.480 e. The highest BCUT2D eigenvalue weighted by atomic mass is 16.5. The fourth-order valence-electron chi connectivity index (χ4n) is 3.75. The molecule has 5 nitrogen and oxygen atoms in total. The van der Waals surface area contributed by atoms with Gasteiger partial charge in [0.25, 0.3) is 0 Å². The van der Waals surface area contributed by atoms with Crippen molar-refractivity contribution in [1.82, 2.24) is 14.5 Å². The van der Waals surface area contributed by atoms with Crippen LogP contribution in [0, 0.1) is 0 Å². The van der Waals surface area contributed by atoms with Gasteiger partial charge < -0.3 is 14.4 Å². The maximum absolute atomic E-state index is 9.79. The summed E-state index contributed by atoms with van der Waals surface area (Å²) in [4.78, 5) is 9.73. The number of aryl methyl sites for hydroxylation is 2. The van der Waals surface area contributed by atoms with Gasteiger partial charge in [-0.05, 0) is 48.1 Å². The van der Waals surface area contributed by atoms with E-state index < -0.39 is 0 Å². The van der Waals surface area contributed by atoms with Gasteiger partial charge in [0.2, 0.25) is 5.88 Å². The zero-order chi connectivity index (χ0) is 20.4. The highest BCUT2D eigenvalue weighted by Crippen LogP contribution is 2.36. The summed E-state index contributed by atoms with van der Waals surface area (Å²) in [6.07, 6.45) is 3.85. The molecule has 1 unspecified atom stereocenters. The van der Waals surface area contributed by atoms with E-state index in [9.17, 15) is 5.11 Å². The fourth-order valence-corrected chi connectivity index (χ4v) is 3.75. The summed E-state index contributed by atoms with van der Waals surface area (Å²) >= 11 is 0. The number of fused-ring (bicyclic) bond motifs is 1. The first-order valence-corrected chi connectivity index (χ1v) is 10.1. The predicted octanol–water partition coefficient (Wildman–Crippen LogP) is 4.82. The maximum atomic E-state index is 9.79. The number of aliphatic hydroxyl groups is 1. The van der Waals surface area contributed by atoms with Gasteiger partial charge in [0.15, 0.2) is 0 Å². The molecule has 3 aromatic heterocycles. The molecule has 0 aliphatic carbocycles. The lowest BCUT2D eigenvalue weighted by atomic mass is 9.95. The number of nitrogens with zero attached hydrogens (tertiary/aromatic N) is 3. The molecule has 0 aromatic carbocycles. The van der Waals surface area contributed by atoms with E-state index in [4.69, 9.17) is 14.7 Å². The van der Waals surface area contributed by atoms with E-state index in [-0.39, 0.29) is 12.5 Å². The number of ether oxygens (including phenoxy) is 1. The predicted molar refractivity (Wildman–Crippen MR) is 114 cm³/mol. The summed E-state index contributed by atoms with van der Waals surface area (Å²) in [6.45, 7) is 8.64. The van der Waals surface area contributed by atoms with Crippen LogP contribution in [0.4, 0.5) is 0 Å². The van der Waals surface area contributed by atoms with E-state index in [0.717, 1.165) is 52.0 Å². The van der Waals surface area contributed by atoms with Gasteiger partial charge in [-0.3, -0.25) is 0 Å². The Labute approximate surface area is 167 Å². The van der Waals surface area contributed by atoms with Gasteiger partial charge in [0.05, 0.1) is 18.4 Å². The van der Waals surface area contributed by atoms with Crippen LogP contribution in [0.25, 0.3) is 22.3 Å². The van der Waals surface area contributed by atoms with Gasteiger partial charge in [-0.1, -0.05) is 27.7 Å². The summed E-state index contributed by atoms with van der Waals surface area (Å²) in [7, 11) is 3.67. The first kappa shape index (κ1) is 20.3. The van der Waals surface area contributed by atoms with Crippen LogP contribution >= 0.6 is 0 Å². The van der Waals surface area contributed by atoms with E-state index in [1.807, 2.05) is 11.6 Å². The maximum Gasteiger partial charge on any atom is 0.222 e. The van der Waals surface area contributed by atoms with Crippen molar-refractivity contribution < 1.29 is 9.84 Å². The normalized spacial score (nSPS) is 12.7. The van der Waals surface area contributed by atoms with Crippen molar-refractivity contribution >= 4 is 11.0 Å². The monoisotopic (exact) mass is 381 g/mol. The van der Waals surface area contributed by atoms with Crippen LogP contribution in [-0.4, -0.2) is 33.4 Å². The third-order valence-electron chi connectivity index (χ3n) is 5.51. The molecule has 5 heteroatoms. The van der Waals surface area contributed by atoms with E-state index in [1.165, 1.54) is 0 Å². The molecule has 0 amide bonds. The van der Waals surface area contributed by atoms with Crippen molar-refractivity contribution in [3.05, 3.63) is 41.2 Å². The molecule has 3 rings (SSSR count). The molecule has 0 aliphatic rings. The van der Waals surface area contributed by atoms with E-state index in [1.54, 1.807) is 7.11 Å². The zero-order valence-corrected chi connectivity index (χ0v) is 17.8. The lowest BCUT2D eigenvalue weighted by molar-refractivity contribution is 0.263. The average molecular weight is 382 g/mol. The van der Waals surface area contributed by atoms with Crippen LogP contribution in [-0.2, 0) is 13.5 Å². The minimum absolute atomic E-state index is 0.127. The molecule has 150 valence electrons. The number of hydrogen-bond donors (Lipinski definition) is 1. The summed E-state index contributed by atoms with van der Waals surface area (Å²) in [5.74, 6) is 1.08. The van der Waals surface area contributed by atoms with Gasteiger partial charge in [0.1, 0.15) is 5.65 Å². The molecular weight excluding hydrogens is 350 g/mol. The lowest BCUT2D eigenvalue weighted by Gasteiger charge is -2.15. The number of aromatic nitrogens is 3. The van der Waals surface area contributed by atoms with E-state index in [0.29, 0.717) is 11.8 Å². The van der Waals surface area contributed by atoms with Crippen molar-refractivity contribution in [3.8, 4) is 17.1 Å². The van der Waals surface area contributed by atoms with Crippen LogP contribution in [0.3, 0.4) is 0 Å². The molecule has 3 aromatic rings. The second kappa shape index (κ2) is 8.31. The van der Waals surface area contributed by atoms with Crippen molar-refractivity contribution in [2.75, 3.05) is 13.7 Å². The second-order valence-electron chi connectivity index (χ2n) is 7.65. The molecule has 0 saturated carbocycles. The quantitative estimate of drug-likeness (QED) is 0.638. The van der Waals surface area contributed by atoms with Crippen molar-refractivity contribution in [2.45, 2.75) is 52.4 Å². The highest BCUT2D eigenvalue weighted by molar-refractivity contribution is 5.86. The van der Waals surface area contributed by atoms with E-state index >= 15 is 0 Å². The van der Waals surface area contributed by atoms with Crippen LogP contribution in [0.5, 0.6) is 5.88 Å². The minimum Gasteiger partial charge on any atom is -0.480 e. The molecule has 0 fully saturated rings. The molecule has 0 saturated heterocycles. The van der Waals surface area contributed by atoms with Crippen LogP contribution in [0.15, 0.2) is 24.4 Å². The zero-order valence-electron chi connectivity index (χ0n) is 17.8. The summed E-state index contributed by atoms with van der Waals surface area (Å²) < 4.78 is 7.67. The number of aliphatic hydroxyl groups excluding tert-OH is 1. The molecule has 1 N–H and O–H groups in total. The topological polar surface area (TPSA) is 60.2 Å². The molecule has 28 heavy (non-hydrogen) atoms. The Balaban J connectivity index is 2.24. The Kier molecular flexibility index (Phi) is 6.04. The highest BCUT2D eigenvalue weighted by Gasteiger charge is 2.20. The van der Waals surface area contributed by atoms with Gasteiger partial charge in [-0.15, -0.1) is 0 Å². The third kappa shape index (κ3) is 3.51. The summed E-state index contributed by atoms with van der Waals surface area (Å²) in [5, 5.41) is 10.9. The Hall–Kier alpha value is -2.40. The Morgan fingerprint density at radius 2 is 1.93 bits per heavy atom. The average Bonchev–Trinajstić information content (AvgIpc) is 3.03. The number of methoxy groups -OCH3 is 1. The molecule has 0 aliphatic heterocycles. The van der Waals surface area contributed by atoms with Gasteiger partial charge in [0, 0.05) is 36.8 Å². The third-order valence-corrected chi connectivity index (χ3v) is 5.51. The Morgan fingerprint density at radius 1 is 1.18 bits per heavy atom. The van der Waals surface area contributed by atoms with Crippen molar-refractivity contribution in [1.29, 1.82) is 0 Å². The summed E-state index contributed by atoms with van der Waals surface area (Å²) in [5.41, 5.74) is 6.09. The van der Waals surface area contributed by atoms with E-state index in [2.05, 4.69) is 52.1 Å². The van der Waals surface area contributed by atoms with Crippen molar-refractivity contribution in [2.24, 2.45) is 7.05 Å². The molecule has 3 heterocycles. The SMILES string of the molecule is CCc1cc2c(C(CC)CO)cn(C)c2nc1-c1ccc(C(C)C)nc1OC. The van der Waals surface area contributed by atoms with Gasteiger partial charge in [-0.25, -0.2) is 9.97 Å². The summed E-state index contributed by atoms with van der Waals surface area (Å²) in [6, 6.07) is 6.35. The smallest absolute Gasteiger partial charge is 0.222 e. The van der Waals surface area contributed by atoms with Crippen LogP contribution in [0.1, 0.15) is 62.8 Å². The van der Waals surface area contributed by atoms with Crippen molar-refractivity contribution in [3.63, 3.8) is 0 Å². The first-order valence-electron chi connectivity index (χ1n) is 10.1. The standard InChI is InChI=1S/C23H31N3O2/c1-7-15-11-18-19(16(8-2)13-27)12-26(5)22(18)25-21(15)17-9-10-20(14(3)4)24-23(17)28-6/h9-12,14,16,27H,7-8,13H2,1-6H3. The second-order valence-corrected chi connectivity index (χ2v) is 7.65. The number of pyridine rings is 2. The molecule has 0 bridgehead atoms. The van der Waals surface area contributed by atoms with Crippen LogP contribution in [0.2, 0.25) is 0 Å². The van der Waals surface area contributed by atoms with Crippen LogP contribution < -0.4 is 4.74 Å². The lowest BCUT2D eigenvalue weighted by Crippen LogP contribution is -2.03. The number of rotatable bonds is 7. The Morgan fingerprint density at radius 3 is 2.50 bits per heavy atom. The number of hydrogen-bond acceptors (Lipinski definition) is 4. The fraction of sp³-hybridized carbons (Fsp3) is 0.478. The molecule has 0 radical (unpaired) electrons. The van der Waals surface area contributed by atoms with Gasteiger partial charge in [-0.2, -0.15) is 0 Å². The molecule has 1 atom stereocenters. The molecule has 0 spiro atoms. The van der Waals surface area contributed by atoms with Gasteiger partial charge >= 0.3 is 0 Å². The first-order chi connectivity index (χ1) is 13.4.